The SMILES string of the molecule is CNC(C)Cc1noc(Cn2ccc([N+](=O)[O-])n2)n1. The molecule has 1 unspecified atom stereocenters. The van der Waals surface area contributed by atoms with E-state index in [4.69, 9.17) is 4.52 Å². The number of nitrogens with one attached hydrogen (secondary N) is 1. The Labute approximate surface area is 108 Å². The molecule has 0 spiro atoms. The fourth-order valence-electron chi connectivity index (χ4n) is 1.49. The molecule has 1 N–H and O–H groups in total. The first-order valence-corrected chi connectivity index (χ1v) is 5.75. The Balaban J connectivity index is 2.00. The van der Waals surface area contributed by atoms with Crippen molar-refractivity contribution in [2.45, 2.75) is 25.9 Å². The number of aromatic nitrogens is 4. The smallest absolute Gasteiger partial charge is 0.358 e. The summed E-state index contributed by atoms with van der Waals surface area (Å²) in [7, 11) is 1.86. The molecule has 0 radical (unpaired) electrons. The molecule has 1 atom stereocenters. The van der Waals surface area contributed by atoms with Crippen molar-refractivity contribution < 1.29 is 9.45 Å². The van der Waals surface area contributed by atoms with Gasteiger partial charge in [0, 0.05) is 12.5 Å². The molecule has 0 aliphatic carbocycles. The Hall–Kier alpha value is -2.29. The van der Waals surface area contributed by atoms with Crippen LogP contribution in [0.15, 0.2) is 16.8 Å². The molecule has 0 fully saturated rings. The Bertz CT molecular complexity index is 563. The molecule has 102 valence electrons. The van der Waals surface area contributed by atoms with Crippen molar-refractivity contribution in [2.75, 3.05) is 7.05 Å². The lowest BCUT2D eigenvalue weighted by Gasteiger charge is -2.04. The maximum atomic E-state index is 10.5. The molecule has 0 bridgehead atoms. The molecule has 0 aliphatic rings. The summed E-state index contributed by atoms with van der Waals surface area (Å²) < 4.78 is 6.45. The van der Waals surface area contributed by atoms with Crippen LogP contribution in [0.3, 0.4) is 0 Å². The summed E-state index contributed by atoms with van der Waals surface area (Å²) in [6.45, 7) is 2.22. The van der Waals surface area contributed by atoms with Gasteiger partial charge in [-0.05, 0) is 18.9 Å². The van der Waals surface area contributed by atoms with Crippen molar-refractivity contribution >= 4 is 5.82 Å². The standard InChI is InChI=1S/C10H14N6O3/c1-7(11-2)5-8-12-10(19-14-8)6-15-4-3-9(13-15)16(17)18/h3-4,7,11H,5-6H2,1-2H3. The van der Waals surface area contributed by atoms with Gasteiger partial charge in [0.2, 0.25) is 5.89 Å². The van der Waals surface area contributed by atoms with Gasteiger partial charge in [0.15, 0.2) is 5.82 Å². The predicted octanol–water partition coefficient (Wildman–Crippen LogP) is 0.373. The zero-order chi connectivity index (χ0) is 13.8. The third kappa shape index (κ3) is 3.35. The van der Waals surface area contributed by atoms with Gasteiger partial charge in [-0.1, -0.05) is 5.16 Å². The quantitative estimate of drug-likeness (QED) is 0.593. The highest BCUT2D eigenvalue weighted by molar-refractivity contribution is 5.14. The number of nitro groups is 1. The van der Waals surface area contributed by atoms with Crippen LogP contribution < -0.4 is 5.32 Å². The van der Waals surface area contributed by atoms with Gasteiger partial charge in [0.1, 0.15) is 6.54 Å². The molecule has 0 saturated heterocycles. The van der Waals surface area contributed by atoms with Crippen molar-refractivity contribution in [1.29, 1.82) is 0 Å². The summed E-state index contributed by atoms with van der Waals surface area (Å²) >= 11 is 0. The van der Waals surface area contributed by atoms with Crippen molar-refractivity contribution in [1.82, 2.24) is 25.2 Å². The normalized spacial score (nSPS) is 12.5. The first kappa shape index (κ1) is 13.1. The molecule has 2 aromatic rings. The third-order valence-corrected chi connectivity index (χ3v) is 2.60. The largest absolute Gasteiger partial charge is 0.389 e. The van der Waals surface area contributed by atoms with E-state index in [9.17, 15) is 10.1 Å². The van der Waals surface area contributed by atoms with E-state index >= 15 is 0 Å². The minimum Gasteiger partial charge on any atom is -0.358 e. The highest BCUT2D eigenvalue weighted by Gasteiger charge is 2.14. The lowest BCUT2D eigenvalue weighted by Crippen LogP contribution is -2.24. The van der Waals surface area contributed by atoms with Crippen LogP contribution in [0.25, 0.3) is 0 Å². The molecule has 2 heterocycles. The first-order valence-electron chi connectivity index (χ1n) is 5.75. The summed E-state index contributed by atoms with van der Waals surface area (Å²) in [5.74, 6) is 0.762. The van der Waals surface area contributed by atoms with E-state index in [2.05, 4.69) is 20.6 Å². The van der Waals surface area contributed by atoms with E-state index < -0.39 is 4.92 Å². The molecule has 2 aromatic heterocycles. The summed E-state index contributed by atoms with van der Waals surface area (Å²) in [5.41, 5.74) is 0. The van der Waals surface area contributed by atoms with Crippen molar-refractivity contribution in [3.63, 3.8) is 0 Å². The fraction of sp³-hybridized carbons (Fsp3) is 0.500. The molecule has 9 heteroatoms. The number of hydrogen-bond donors (Lipinski definition) is 1. The molecule has 0 aliphatic heterocycles. The Kier molecular flexibility index (Phi) is 3.85. The Morgan fingerprint density at radius 3 is 3.05 bits per heavy atom. The molecule has 9 nitrogen and oxygen atoms in total. The van der Waals surface area contributed by atoms with E-state index in [-0.39, 0.29) is 18.4 Å². The number of rotatable bonds is 6. The van der Waals surface area contributed by atoms with Crippen molar-refractivity contribution in [3.8, 4) is 0 Å². The van der Waals surface area contributed by atoms with Crippen LogP contribution in [0.1, 0.15) is 18.6 Å². The minimum atomic E-state index is -0.551. The number of hydrogen-bond acceptors (Lipinski definition) is 7. The summed E-state index contributed by atoms with van der Waals surface area (Å²) in [6, 6.07) is 1.57. The van der Waals surface area contributed by atoms with Gasteiger partial charge in [-0.3, -0.25) is 0 Å². The van der Waals surface area contributed by atoms with Crippen LogP contribution in [-0.4, -0.2) is 37.9 Å². The summed E-state index contributed by atoms with van der Waals surface area (Å²) in [5, 5.41) is 21.2. The van der Waals surface area contributed by atoms with Gasteiger partial charge in [0.25, 0.3) is 0 Å². The van der Waals surface area contributed by atoms with Crippen molar-refractivity contribution in [2.24, 2.45) is 0 Å². The highest BCUT2D eigenvalue weighted by Crippen LogP contribution is 2.08. The lowest BCUT2D eigenvalue weighted by atomic mass is 10.2. The zero-order valence-electron chi connectivity index (χ0n) is 10.6. The molecular formula is C10H14N6O3. The fourth-order valence-corrected chi connectivity index (χ4v) is 1.49. The van der Waals surface area contributed by atoms with Crippen LogP contribution in [0.4, 0.5) is 5.82 Å². The molecule has 19 heavy (non-hydrogen) atoms. The van der Waals surface area contributed by atoms with Crippen molar-refractivity contribution in [3.05, 3.63) is 34.1 Å². The van der Waals surface area contributed by atoms with Gasteiger partial charge < -0.3 is 20.0 Å². The lowest BCUT2D eigenvalue weighted by molar-refractivity contribution is -0.389. The second-order valence-electron chi connectivity index (χ2n) is 4.13. The molecule has 0 saturated carbocycles. The summed E-state index contributed by atoms with van der Waals surface area (Å²) in [6.07, 6.45) is 2.15. The average Bonchev–Trinajstić information content (AvgIpc) is 2.99. The zero-order valence-corrected chi connectivity index (χ0v) is 10.6. The van der Waals surface area contributed by atoms with Crippen LogP contribution >= 0.6 is 0 Å². The first-order chi connectivity index (χ1) is 9.08. The summed E-state index contributed by atoms with van der Waals surface area (Å²) in [4.78, 5) is 14.1. The van der Waals surface area contributed by atoms with E-state index in [1.807, 2.05) is 14.0 Å². The maximum absolute atomic E-state index is 10.5. The van der Waals surface area contributed by atoms with Gasteiger partial charge in [-0.15, -0.1) is 0 Å². The van der Waals surface area contributed by atoms with E-state index in [0.29, 0.717) is 18.1 Å². The van der Waals surface area contributed by atoms with E-state index in [0.717, 1.165) is 0 Å². The molecular weight excluding hydrogens is 252 g/mol. The monoisotopic (exact) mass is 266 g/mol. The van der Waals surface area contributed by atoms with Gasteiger partial charge in [0.05, 0.1) is 17.4 Å². The second-order valence-corrected chi connectivity index (χ2v) is 4.13. The minimum absolute atomic E-state index is 0.205. The van der Waals surface area contributed by atoms with Crippen LogP contribution in [0.5, 0.6) is 0 Å². The van der Waals surface area contributed by atoms with Crippen LogP contribution in [0, 0.1) is 10.1 Å². The number of nitrogens with zero attached hydrogens (tertiary/aromatic N) is 5. The van der Waals surface area contributed by atoms with Gasteiger partial charge in [-0.2, -0.15) is 9.67 Å². The second kappa shape index (κ2) is 5.57. The van der Waals surface area contributed by atoms with Crippen LogP contribution in [0.2, 0.25) is 0 Å². The number of likely N-dealkylation sites (N-methyl/N-ethyl adjacent to an activating group) is 1. The third-order valence-electron chi connectivity index (χ3n) is 2.60. The topological polar surface area (TPSA) is 112 Å². The van der Waals surface area contributed by atoms with Gasteiger partial charge in [-0.25, -0.2) is 0 Å². The average molecular weight is 266 g/mol. The van der Waals surface area contributed by atoms with Gasteiger partial charge >= 0.3 is 5.82 Å². The molecule has 0 amide bonds. The Morgan fingerprint density at radius 1 is 1.63 bits per heavy atom. The predicted molar refractivity (Wildman–Crippen MR) is 64.5 cm³/mol. The highest BCUT2D eigenvalue weighted by atomic mass is 16.6. The van der Waals surface area contributed by atoms with E-state index in [1.54, 1.807) is 0 Å². The molecule has 0 aromatic carbocycles. The maximum Gasteiger partial charge on any atom is 0.389 e. The van der Waals surface area contributed by atoms with E-state index in [1.165, 1.54) is 16.9 Å². The van der Waals surface area contributed by atoms with Crippen LogP contribution in [-0.2, 0) is 13.0 Å². The molecule has 2 rings (SSSR count). The Morgan fingerprint density at radius 2 is 2.42 bits per heavy atom.